The van der Waals surface area contributed by atoms with Crippen molar-refractivity contribution in [3.63, 3.8) is 0 Å². The lowest BCUT2D eigenvalue weighted by molar-refractivity contribution is -0.141. The highest BCUT2D eigenvalue weighted by molar-refractivity contribution is 5.78. The van der Waals surface area contributed by atoms with Crippen molar-refractivity contribution in [1.82, 2.24) is 10.2 Å². The quantitative estimate of drug-likeness (QED) is 0.758. The van der Waals surface area contributed by atoms with E-state index in [0.717, 1.165) is 25.9 Å². The standard InChI is InChI=1S/C14H26N2O3/c1-10(2)14(18)15-12-7-11(8-16(3)9-12)5-6-13(17)19-4/h10-12H,5-9H2,1-4H3,(H,15,18). The number of hydrogen-bond donors (Lipinski definition) is 1. The lowest BCUT2D eigenvalue weighted by atomic mass is 9.90. The number of amides is 1. The van der Waals surface area contributed by atoms with Gasteiger partial charge in [-0.05, 0) is 25.8 Å². The second kappa shape index (κ2) is 7.48. The van der Waals surface area contributed by atoms with Gasteiger partial charge in [0.1, 0.15) is 0 Å². The van der Waals surface area contributed by atoms with Gasteiger partial charge in [-0.1, -0.05) is 13.8 Å². The summed E-state index contributed by atoms with van der Waals surface area (Å²) >= 11 is 0. The number of rotatable bonds is 5. The van der Waals surface area contributed by atoms with Crippen molar-refractivity contribution in [2.45, 2.75) is 39.2 Å². The first-order valence-electron chi connectivity index (χ1n) is 6.98. The van der Waals surface area contributed by atoms with E-state index in [4.69, 9.17) is 0 Å². The molecule has 0 aliphatic carbocycles. The van der Waals surface area contributed by atoms with Crippen molar-refractivity contribution in [3.8, 4) is 0 Å². The Morgan fingerprint density at radius 1 is 1.37 bits per heavy atom. The van der Waals surface area contributed by atoms with Crippen molar-refractivity contribution in [1.29, 1.82) is 0 Å². The van der Waals surface area contributed by atoms with E-state index in [0.29, 0.717) is 12.3 Å². The van der Waals surface area contributed by atoms with Crippen LogP contribution in [0.15, 0.2) is 0 Å². The summed E-state index contributed by atoms with van der Waals surface area (Å²) in [7, 11) is 3.47. The third-order valence-corrected chi connectivity index (χ3v) is 3.57. The molecule has 0 radical (unpaired) electrons. The summed E-state index contributed by atoms with van der Waals surface area (Å²) in [6.45, 7) is 5.66. The largest absolute Gasteiger partial charge is 0.469 e. The number of esters is 1. The number of likely N-dealkylation sites (tertiary alicyclic amines) is 1. The van der Waals surface area contributed by atoms with Crippen LogP contribution in [0.1, 0.15) is 33.1 Å². The number of methoxy groups -OCH3 is 1. The van der Waals surface area contributed by atoms with Crippen LogP contribution in [0, 0.1) is 11.8 Å². The molecule has 0 aromatic heterocycles. The first-order chi connectivity index (χ1) is 8.92. The maximum Gasteiger partial charge on any atom is 0.305 e. The van der Waals surface area contributed by atoms with Gasteiger partial charge in [-0.2, -0.15) is 0 Å². The Kier molecular flexibility index (Phi) is 6.28. The number of hydrogen-bond acceptors (Lipinski definition) is 4. The fourth-order valence-corrected chi connectivity index (χ4v) is 2.55. The van der Waals surface area contributed by atoms with E-state index in [1.165, 1.54) is 7.11 Å². The Labute approximate surface area is 115 Å². The molecule has 1 saturated heterocycles. The summed E-state index contributed by atoms with van der Waals surface area (Å²) in [6.07, 6.45) is 2.23. The minimum Gasteiger partial charge on any atom is -0.469 e. The van der Waals surface area contributed by atoms with Crippen LogP contribution in [-0.4, -0.2) is 50.1 Å². The molecule has 1 rings (SSSR count). The van der Waals surface area contributed by atoms with Crippen LogP contribution in [-0.2, 0) is 14.3 Å². The molecule has 2 unspecified atom stereocenters. The minimum absolute atomic E-state index is 0.0146. The first kappa shape index (κ1) is 16.0. The normalized spacial score (nSPS) is 24.3. The van der Waals surface area contributed by atoms with Crippen LogP contribution in [0.4, 0.5) is 0 Å². The second-order valence-corrected chi connectivity index (χ2v) is 5.80. The number of carbonyl (C=O) groups excluding carboxylic acids is 2. The maximum atomic E-state index is 11.7. The molecule has 1 aliphatic heterocycles. The summed E-state index contributed by atoms with van der Waals surface area (Å²) in [6, 6.07) is 0.191. The maximum absolute atomic E-state index is 11.7. The molecule has 0 bridgehead atoms. The molecule has 5 heteroatoms. The fourth-order valence-electron chi connectivity index (χ4n) is 2.55. The SMILES string of the molecule is COC(=O)CCC1CC(NC(=O)C(C)C)CN(C)C1. The monoisotopic (exact) mass is 270 g/mol. The van der Waals surface area contributed by atoms with Gasteiger partial charge in [0.15, 0.2) is 0 Å². The van der Waals surface area contributed by atoms with Gasteiger partial charge in [-0.25, -0.2) is 0 Å². The fraction of sp³-hybridized carbons (Fsp3) is 0.857. The van der Waals surface area contributed by atoms with Crippen molar-refractivity contribution >= 4 is 11.9 Å². The molecule has 110 valence electrons. The van der Waals surface area contributed by atoms with Crippen LogP contribution < -0.4 is 5.32 Å². The van der Waals surface area contributed by atoms with Crippen molar-refractivity contribution in [2.24, 2.45) is 11.8 Å². The Hall–Kier alpha value is -1.10. The summed E-state index contributed by atoms with van der Waals surface area (Å²) in [5.41, 5.74) is 0. The zero-order valence-electron chi connectivity index (χ0n) is 12.4. The number of likely N-dealkylation sites (N-methyl/N-ethyl adjacent to an activating group) is 1. The highest BCUT2D eigenvalue weighted by atomic mass is 16.5. The van der Waals surface area contributed by atoms with E-state index in [1.807, 2.05) is 13.8 Å². The Balaban J connectivity index is 2.43. The third-order valence-electron chi connectivity index (χ3n) is 3.57. The highest BCUT2D eigenvalue weighted by Gasteiger charge is 2.27. The second-order valence-electron chi connectivity index (χ2n) is 5.80. The molecule has 19 heavy (non-hydrogen) atoms. The molecule has 0 aromatic rings. The molecule has 1 fully saturated rings. The molecular formula is C14H26N2O3. The van der Waals surface area contributed by atoms with Crippen LogP contribution >= 0.6 is 0 Å². The van der Waals surface area contributed by atoms with E-state index in [1.54, 1.807) is 0 Å². The van der Waals surface area contributed by atoms with Gasteiger partial charge >= 0.3 is 5.97 Å². The van der Waals surface area contributed by atoms with Gasteiger partial charge in [0.25, 0.3) is 0 Å². The van der Waals surface area contributed by atoms with Gasteiger partial charge in [0.05, 0.1) is 7.11 Å². The molecule has 1 amide bonds. The van der Waals surface area contributed by atoms with E-state index < -0.39 is 0 Å². The predicted molar refractivity (Wildman–Crippen MR) is 73.6 cm³/mol. The van der Waals surface area contributed by atoms with Gasteiger partial charge in [0.2, 0.25) is 5.91 Å². The number of piperidine rings is 1. The van der Waals surface area contributed by atoms with Crippen LogP contribution in [0.25, 0.3) is 0 Å². The molecular weight excluding hydrogens is 244 g/mol. The van der Waals surface area contributed by atoms with E-state index in [9.17, 15) is 9.59 Å². The topological polar surface area (TPSA) is 58.6 Å². The average molecular weight is 270 g/mol. The van der Waals surface area contributed by atoms with Crippen LogP contribution in [0.2, 0.25) is 0 Å². The number of ether oxygens (including phenoxy) is 1. The van der Waals surface area contributed by atoms with Crippen LogP contribution in [0.5, 0.6) is 0 Å². The Morgan fingerprint density at radius 3 is 2.63 bits per heavy atom. The molecule has 1 aliphatic rings. The summed E-state index contributed by atoms with van der Waals surface area (Å²) in [5, 5.41) is 3.08. The zero-order chi connectivity index (χ0) is 14.4. The smallest absolute Gasteiger partial charge is 0.305 e. The average Bonchev–Trinajstić information content (AvgIpc) is 2.35. The predicted octanol–water partition coefficient (Wildman–Crippen LogP) is 1.03. The summed E-state index contributed by atoms with van der Waals surface area (Å²) < 4.78 is 4.67. The van der Waals surface area contributed by atoms with Crippen molar-refractivity contribution in [3.05, 3.63) is 0 Å². The molecule has 0 aromatic carbocycles. The minimum atomic E-state index is -0.156. The number of carbonyl (C=O) groups is 2. The lowest BCUT2D eigenvalue weighted by Gasteiger charge is -2.36. The van der Waals surface area contributed by atoms with Gasteiger partial charge in [-0.15, -0.1) is 0 Å². The number of nitrogens with one attached hydrogen (secondary N) is 1. The molecule has 1 N–H and O–H groups in total. The highest BCUT2D eigenvalue weighted by Crippen LogP contribution is 2.21. The molecule has 1 heterocycles. The van der Waals surface area contributed by atoms with E-state index in [-0.39, 0.29) is 23.8 Å². The Bertz CT molecular complexity index is 318. The van der Waals surface area contributed by atoms with Crippen molar-refractivity contribution in [2.75, 3.05) is 27.2 Å². The van der Waals surface area contributed by atoms with E-state index in [2.05, 4.69) is 22.0 Å². The summed E-state index contributed by atoms with van der Waals surface area (Å²) in [5.74, 6) is 0.402. The molecule has 0 spiro atoms. The van der Waals surface area contributed by atoms with Gasteiger partial charge in [0, 0.05) is 31.5 Å². The number of nitrogens with zero attached hydrogens (tertiary/aromatic N) is 1. The molecule has 5 nitrogen and oxygen atoms in total. The molecule has 0 saturated carbocycles. The van der Waals surface area contributed by atoms with Crippen LogP contribution in [0.3, 0.4) is 0 Å². The van der Waals surface area contributed by atoms with Crippen molar-refractivity contribution < 1.29 is 14.3 Å². The van der Waals surface area contributed by atoms with Gasteiger partial charge < -0.3 is 15.0 Å². The van der Waals surface area contributed by atoms with E-state index >= 15 is 0 Å². The Morgan fingerprint density at radius 2 is 2.05 bits per heavy atom. The first-order valence-corrected chi connectivity index (χ1v) is 6.98. The summed E-state index contributed by atoms with van der Waals surface area (Å²) in [4.78, 5) is 25.1. The third kappa shape index (κ3) is 5.59. The zero-order valence-corrected chi connectivity index (χ0v) is 12.4. The van der Waals surface area contributed by atoms with Gasteiger partial charge in [-0.3, -0.25) is 9.59 Å². The molecule has 2 atom stereocenters. The lowest BCUT2D eigenvalue weighted by Crippen LogP contribution is -2.50.